The Morgan fingerprint density at radius 3 is 2.75 bits per heavy atom. The summed E-state index contributed by atoms with van der Waals surface area (Å²) in [5, 5.41) is 11.1. The van der Waals surface area contributed by atoms with E-state index in [4.69, 9.17) is 16.9 Å². The maximum atomic E-state index is 8.51. The van der Waals surface area contributed by atoms with Gasteiger partial charge in [-0.2, -0.15) is 10.3 Å². The molecule has 1 aromatic carbocycles. The van der Waals surface area contributed by atoms with Gasteiger partial charge in [0.1, 0.15) is 0 Å². The highest BCUT2D eigenvalue weighted by atomic mass is 35.5. The Kier molecular flexibility index (Phi) is 2.95. The third-order valence-electron chi connectivity index (χ3n) is 1.24. The van der Waals surface area contributed by atoms with Gasteiger partial charge in [0.15, 0.2) is 0 Å². The molecule has 0 atom stereocenters. The summed E-state index contributed by atoms with van der Waals surface area (Å²) in [6.45, 7) is 0. The summed E-state index contributed by atoms with van der Waals surface area (Å²) in [4.78, 5) is 3.71. The normalized spacial score (nSPS) is 8.33. The van der Waals surface area contributed by atoms with Crippen LogP contribution in [0, 0.1) is 11.3 Å². The van der Waals surface area contributed by atoms with E-state index in [1.807, 2.05) is 6.07 Å². The maximum absolute atomic E-state index is 8.51. The zero-order valence-electron chi connectivity index (χ0n) is 5.91. The molecule has 0 N–H and O–H groups in total. The molecule has 0 saturated carbocycles. The van der Waals surface area contributed by atoms with Crippen LogP contribution in [0.2, 0.25) is 5.02 Å². The molecule has 0 aliphatic rings. The van der Waals surface area contributed by atoms with Crippen LogP contribution in [0.25, 0.3) is 0 Å². The van der Waals surface area contributed by atoms with Crippen LogP contribution in [-0.2, 0) is 0 Å². The van der Waals surface area contributed by atoms with Crippen LogP contribution in [0.15, 0.2) is 23.2 Å². The van der Waals surface area contributed by atoms with Gasteiger partial charge < -0.3 is 0 Å². The van der Waals surface area contributed by atoms with E-state index in [2.05, 4.69) is 22.4 Å². The number of hydrogen-bond acceptors (Lipinski definition) is 3. The van der Waals surface area contributed by atoms with Crippen molar-refractivity contribution in [3.63, 3.8) is 0 Å². The summed E-state index contributed by atoms with van der Waals surface area (Å²) in [5.74, 6) is 0. The van der Waals surface area contributed by atoms with E-state index in [1.165, 1.54) is 6.07 Å². The molecular formula is C8H3ClN2S. The van der Waals surface area contributed by atoms with E-state index in [9.17, 15) is 0 Å². The molecule has 0 saturated heterocycles. The Morgan fingerprint density at radius 1 is 1.50 bits per heavy atom. The van der Waals surface area contributed by atoms with E-state index < -0.39 is 0 Å². The summed E-state index contributed by atoms with van der Waals surface area (Å²) < 4.78 is 0. The van der Waals surface area contributed by atoms with Crippen LogP contribution in [0.4, 0.5) is 5.69 Å². The van der Waals surface area contributed by atoms with Gasteiger partial charge in [0.2, 0.25) is 0 Å². The number of aliphatic imine (C=N–C) groups is 1. The van der Waals surface area contributed by atoms with E-state index in [1.54, 1.807) is 12.1 Å². The molecule has 0 amide bonds. The minimum Gasteiger partial charge on any atom is -0.193 e. The molecule has 0 fully saturated rings. The molecule has 0 aliphatic heterocycles. The Balaban J connectivity index is 3.22. The summed E-state index contributed by atoms with van der Waals surface area (Å²) >= 11 is 10.2. The summed E-state index contributed by atoms with van der Waals surface area (Å²) in [5.41, 5.74) is 1.04. The lowest BCUT2D eigenvalue weighted by Gasteiger charge is -1.94. The highest BCUT2D eigenvalue weighted by Gasteiger charge is 1.98. The number of benzene rings is 1. The van der Waals surface area contributed by atoms with Crippen molar-refractivity contribution in [1.29, 1.82) is 5.26 Å². The van der Waals surface area contributed by atoms with Crippen LogP contribution >= 0.6 is 23.8 Å². The first-order valence-electron chi connectivity index (χ1n) is 3.05. The molecule has 0 heterocycles. The van der Waals surface area contributed by atoms with E-state index >= 15 is 0 Å². The Labute approximate surface area is 80.1 Å². The van der Waals surface area contributed by atoms with Crippen LogP contribution < -0.4 is 0 Å². The molecule has 1 rings (SSSR count). The second-order valence-corrected chi connectivity index (χ2v) is 2.57. The number of halogens is 1. The summed E-state index contributed by atoms with van der Waals surface area (Å²) in [7, 11) is 0. The number of nitriles is 1. The van der Waals surface area contributed by atoms with Crippen molar-refractivity contribution >= 4 is 34.7 Å². The molecule has 0 spiro atoms. The monoisotopic (exact) mass is 194 g/mol. The quantitative estimate of drug-likeness (QED) is 0.509. The van der Waals surface area contributed by atoms with Crippen molar-refractivity contribution in [2.45, 2.75) is 0 Å². The second-order valence-electron chi connectivity index (χ2n) is 1.98. The van der Waals surface area contributed by atoms with Crippen molar-refractivity contribution in [2.24, 2.45) is 4.99 Å². The van der Waals surface area contributed by atoms with Crippen molar-refractivity contribution in [3.05, 3.63) is 28.8 Å². The molecule has 58 valence electrons. The molecule has 12 heavy (non-hydrogen) atoms. The fourth-order valence-electron chi connectivity index (χ4n) is 0.716. The number of nitrogens with zero attached hydrogens (tertiary/aromatic N) is 2. The lowest BCUT2D eigenvalue weighted by Crippen LogP contribution is -1.73. The zero-order chi connectivity index (χ0) is 8.97. The highest BCUT2D eigenvalue weighted by molar-refractivity contribution is 7.78. The Hall–Kier alpha value is -1.20. The predicted octanol–water partition coefficient (Wildman–Crippen LogP) is 2.95. The fraction of sp³-hybridized carbons (Fsp3) is 0. The third-order valence-corrected chi connectivity index (χ3v) is 1.64. The number of hydrogen-bond donors (Lipinski definition) is 0. The molecule has 0 aromatic heterocycles. The van der Waals surface area contributed by atoms with Crippen LogP contribution in [0.1, 0.15) is 5.56 Å². The molecule has 1 aromatic rings. The Morgan fingerprint density at radius 2 is 2.25 bits per heavy atom. The fourth-order valence-corrected chi connectivity index (χ4v) is 1.04. The molecular weight excluding hydrogens is 192 g/mol. The van der Waals surface area contributed by atoms with Crippen molar-refractivity contribution in [2.75, 3.05) is 0 Å². The largest absolute Gasteiger partial charge is 0.193 e. The topological polar surface area (TPSA) is 36.1 Å². The van der Waals surface area contributed by atoms with E-state index in [0.717, 1.165) is 0 Å². The first-order chi connectivity index (χ1) is 5.77. The first kappa shape index (κ1) is 8.89. The average molecular weight is 195 g/mol. The number of thiocarbonyl (C=S) groups is 1. The van der Waals surface area contributed by atoms with Gasteiger partial charge in [-0.1, -0.05) is 11.6 Å². The number of isothiocyanates is 1. The second kappa shape index (κ2) is 3.99. The van der Waals surface area contributed by atoms with Gasteiger partial charge in [-0.15, -0.1) is 0 Å². The molecule has 0 radical (unpaired) electrons. The number of rotatable bonds is 1. The Bertz CT molecular complexity index is 389. The average Bonchev–Trinajstić information content (AvgIpc) is 2.09. The van der Waals surface area contributed by atoms with Gasteiger partial charge >= 0.3 is 0 Å². The van der Waals surface area contributed by atoms with Crippen molar-refractivity contribution in [1.82, 2.24) is 0 Å². The van der Waals surface area contributed by atoms with Crippen molar-refractivity contribution in [3.8, 4) is 6.07 Å². The van der Waals surface area contributed by atoms with Gasteiger partial charge in [-0.3, -0.25) is 0 Å². The summed E-state index contributed by atoms with van der Waals surface area (Å²) in [6.07, 6.45) is 0. The molecule has 0 unspecified atom stereocenters. The predicted molar refractivity (Wildman–Crippen MR) is 50.9 cm³/mol. The summed E-state index contributed by atoms with van der Waals surface area (Å²) in [6, 6.07) is 6.75. The van der Waals surface area contributed by atoms with Crippen LogP contribution in [0.3, 0.4) is 0 Å². The smallest absolute Gasteiger partial charge is 0.0992 e. The molecule has 0 aliphatic carbocycles. The van der Waals surface area contributed by atoms with E-state index in [-0.39, 0.29) is 0 Å². The molecule has 0 bridgehead atoms. The van der Waals surface area contributed by atoms with Gasteiger partial charge in [0, 0.05) is 0 Å². The van der Waals surface area contributed by atoms with Gasteiger partial charge in [-0.25, -0.2) is 0 Å². The third kappa shape index (κ3) is 1.90. The minimum atomic E-state index is 0.409. The minimum absolute atomic E-state index is 0.409. The van der Waals surface area contributed by atoms with Crippen LogP contribution in [0.5, 0.6) is 0 Å². The maximum Gasteiger partial charge on any atom is 0.0992 e. The standard InChI is InChI=1S/C8H3ClN2S/c9-7-3-6(4-10)1-2-8(7)11-5-12/h1-3H. The molecule has 4 heteroatoms. The highest BCUT2D eigenvalue weighted by Crippen LogP contribution is 2.24. The van der Waals surface area contributed by atoms with E-state index in [0.29, 0.717) is 16.3 Å². The van der Waals surface area contributed by atoms with Gasteiger partial charge in [-0.05, 0) is 30.4 Å². The lowest BCUT2D eigenvalue weighted by atomic mass is 10.2. The van der Waals surface area contributed by atoms with Gasteiger partial charge in [0.05, 0.1) is 27.5 Å². The van der Waals surface area contributed by atoms with Gasteiger partial charge in [0.25, 0.3) is 0 Å². The zero-order valence-corrected chi connectivity index (χ0v) is 7.49. The first-order valence-corrected chi connectivity index (χ1v) is 3.84. The molecule has 2 nitrogen and oxygen atoms in total. The van der Waals surface area contributed by atoms with Crippen molar-refractivity contribution < 1.29 is 0 Å². The van der Waals surface area contributed by atoms with Crippen LogP contribution in [-0.4, -0.2) is 5.16 Å². The SMILES string of the molecule is N#Cc1ccc(N=C=S)c(Cl)c1. The lowest BCUT2D eigenvalue weighted by molar-refractivity contribution is 1.47.